The van der Waals surface area contributed by atoms with Crippen LogP contribution in [-0.4, -0.2) is 20.5 Å². The van der Waals surface area contributed by atoms with Gasteiger partial charge in [-0.3, -0.25) is 4.98 Å². The molecule has 0 aliphatic heterocycles. The summed E-state index contributed by atoms with van der Waals surface area (Å²) in [5, 5.41) is 3.57. The van der Waals surface area contributed by atoms with Crippen LogP contribution in [0, 0.1) is 12.7 Å². The van der Waals surface area contributed by atoms with E-state index in [1.807, 2.05) is 39.8 Å². The molecule has 0 unspecified atom stereocenters. The molecule has 2 aromatic heterocycles. The van der Waals surface area contributed by atoms with E-state index in [-0.39, 0.29) is 11.4 Å². The first kappa shape index (κ1) is 18.3. The van der Waals surface area contributed by atoms with Gasteiger partial charge in [0.25, 0.3) is 0 Å². The van der Waals surface area contributed by atoms with E-state index in [0.717, 1.165) is 16.8 Å². The van der Waals surface area contributed by atoms with Crippen LogP contribution < -0.4 is 5.32 Å². The lowest BCUT2D eigenvalue weighted by atomic mass is 10.0. The Morgan fingerprint density at radius 2 is 1.69 bits per heavy atom. The van der Waals surface area contributed by atoms with Crippen LogP contribution in [0.2, 0.25) is 5.15 Å². The third kappa shape index (κ3) is 4.17. The molecule has 6 heteroatoms. The maximum Gasteiger partial charge on any atom is 0.225 e. The fourth-order valence-corrected chi connectivity index (χ4v) is 2.88. The minimum Gasteiger partial charge on any atom is -0.350 e. The summed E-state index contributed by atoms with van der Waals surface area (Å²) in [6, 6.07) is 9.97. The number of pyridine rings is 1. The molecule has 4 nitrogen and oxygen atoms in total. The van der Waals surface area contributed by atoms with Gasteiger partial charge in [0.15, 0.2) is 0 Å². The van der Waals surface area contributed by atoms with E-state index in [2.05, 4.69) is 20.3 Å². The Hall–Kier alpha value is -2.53. The zero-order valence-electron chi connectivity index (χ0n) is 15.1. The fraction of sp³-hybridized carbons (Fsp3) is 0.250. The summed E-state index contributed by atoms with van der Waals surface area (Å²) in [7, 11) is 0. The smallest absolute Gasteiger partial charge is 0.225 e. The highest BCUT2D eigenvalue weighted by molar-refractivity contribution is 6.32. The van der Waals surface area contributed by atoms with Crippen molar-refractivity contribution in [2.75, 3.05) is 5.32 Å². The molecule has 1 N–H and O–H groups in total. The molecule has 0 spiro atoms. The molecule has 0 saturated heterocycles. The van der Waals surface area contributed by atoms with Gasteiger partial charge in [-0.05, 0) is 69.7 Å². The number of nitrogens with one attached hydrogen (secondary N) is 1. The van der Waals surface area contributed by atoms with Gasteiger partial charge in [-0.2, -0.15) is 0 Å². The second-order valence-electron chi connectivity index (χ2n) is 7.13. The number of aromatic nitrogens is 3. The van der Waals surface area contributed by atoms with Gasteiger partial charge < -0.3 is 5.32 Å². The normalized spacial score (nSPS) is 11.5. The molecule has 0 fully saturated rings. The zero-order chi connectivity index (χ0) is 18.9. The van der Waals surface area contributed by atoms with Gasteiger partial charge >= 0.3 is 0 Å². The fourth-order valence-electron chi connectivity index (χ4n) is 2.60. The van der Waals surface area contributed by atoms with Crippen molar-refractivity contribution in [1.29, 1.82) is 0 Å². The van der Waals surface area contributed by atoms with E-state index >= 15 is 0 Å². The Bertz CT molecular complexity index is 934. The molecular formula is C20H20ClFN4. The second kappa shape index (κ2) is 7.00. The van der Waals surface area contributed by atoms with Gasteiger partial charge in [0.1, 0.15) is 11.0 Å². The Morgan fingerprint density at radius 1 is 1.00 bits per heavy atom. The van der Waals surface area contributed by atoms with Gasteiger partial charge in [0.2, 0.25) is 5.95 Å². The maximum atomic E-state index is 13.4. The third-order valence-electron chi connectivity index (χ3n) is 3.65. The highest BCUT2D eigenvalue weighted by Crippen LogP contribution is 2.36. The van der Waals surface area contributed by atoms with Crippen LogP contribution in [0.5, 0.6) is 0 Å². The minimum atomic E-state index is -0.303. The monoisotopic (exact) mass is 370 g/mol. The molecule has 1 aromatic carbocycles. The Kier molecular flexibility index (Phi) is 4.92. The Balaban J connectivity index is 2.23. The number of hydrogen-bond acceptors (Lipinski definition) is 4. The van der Waals surface area contributed by atoms with Crippen LogP contribution in [0.3, 0.4) is 0 Å². The minimum absolute atomic E-state index is 0.224. The second-order valence-corrected chi connectivity index (χ2v) is 7.49. The SMILES string of the molecule is Cc1cc(-c2c(Cl)nc(NC(C)(C)C)nc2-c2ccc(F)cc2)ccn1. The predicted octanol–water partition coefficient (Wildman–Crippen LogP) is 5.52. The van der Waals surface area contributed by atoms with Gasteiger partial charge in [-0.1, -0.05) is 11.6 Å². The highest BCUT2D eigenvalue weighted by atomic mass is 35.5. The molecule has 26 heavy (non-hydrogen) atoms. The number of halogens is 2. The quantitative estimate of drug-likeness (QED) is 0.617. The molecule has 0 amide bonds. The number of aryl methyl sites for hydroxylation is 1. The van der Waals surface area contributed by atoms with Crippen LogP contribution in [0.15, 0.2) is 42.6 Å². The van der Waals surface area contributed by atoms with Crippen molar-refractivity contribution >= 4 is 17.5 Å². The van der Waals surface area contributed by atoms with E-state index in [1.165, 1.54) is 12.1 Å². The Labute approximate surface area is 157 Å². The van der Waals surface area contributed by atoms with Gasteiger partial charge in [0, 0.05) is 28.6 Å². The first-order chi connectivity index (χ1) is 12.2. The molecule has 3 rings (SSSR count). The van der Waals surface area contributed by atoms with Crippen molar-refractivity contribution in [3.05, 3.63) is 59.3 Å². The van der Waals surface area contributed by atoms with Crippen molar-refractivity contribution < 1.29 is 4.39 Å². The van der Waals surface area contributed by atoms with Crippen molar-refractivity contribution in [1.82, 2.24) is 15.0 Å². The summed E-state index contributed by atoms with van der Waals surface area (Å²) in [5.41, 5.74) is 3.60. The summed E-state index contributed by atoms with van der Waals surface area (Å²) in [5.74, 6) is 0.125. The number of benzene rings is 1. The van der Waals surface area contributed by atoms with Crippen molar-refractivity contribution in [3.63, 3.8) is 0 Å². The van der Waals surface area contributed by atoms with Gasteiger partial charge in [-0.25, -0.2) is 14.4 Å². The van der Waals surface area contributed by atoms with Crippen LogP contribution >= 0.6 is 11.6 Å². The molecule has 0 aliphatic rings. The maximum absolute atomic E-state index is 13.4. The van der Waals surface area contributed by atoms with E-state index in [0.29, 0.717) is 22.4 Å². The summed E-state index contributed by atoms with van der Waals surface area (Å²) in [6.07, 6.45) is 1.72. The van der Waals surface area contributed by atoms with Crippen molar-refractivity contribution in [2.45, 2.75) is 33.2 Å². The number of hydrogen-bond donors (Lipinski definition) is 1. The van der Waals surface area contributed by atoms with E-state index < -0.39 is 0 Å². The van der Waals surface area contributed by atoms with E-state index in [9.17, 15) is 4.39 Å². The number of rotatable bonds is 3. The van der Waals surface area contributed by atoms with Crippen molar-refractivity contribution in [2.24, 2.45) is 0 Å². The molecule has 134 valence electrons. The molecule has 3 aromatic rings. The average Bonchev–Trinajstić information content (AvgIpc) is 2.53. The van der Waals surface area contributed by atoms with E-state index in [1.54, 1.807) is 18.3 Å². The van der Waals surface area contributed by atoms with E-state index in [4.69, 9.17) is 11.6 Å². The van der Waals surface area contributed by atoms with Crippen LogP contribution in [0.4, 0.5) is 10.3 Å². The molecular weight excluding hydrogens is 351 g/mol. The van der Waals surface area contributed by atoms with Gasteiger partial charge in [-0.15, -0.1) is 0 Å². The molecule has 0 radical (unpaired) electrons. The van der Waals surface area contributed by atoms with Crippen molar-refractivity contribution in [3.8, 4) is 22.4 Å². The predicted molar refractivity (Wildman–Crippen MR) is 104 cm³/mol. The lowest BCUT2D eigenvalue weighted by molar-refractivity contribution is 0.626. The highest BCUT2D eigenvalue weighted by Gasteiger charge is 2.19. The third-order valence-corrected chi connectivity index (χ3v) is 3.93. The van der Waals surface area contributed by atoms with Crippen LogP contribution in [-0.2, 0) is 0 Å². The lowest BCUT2D eigenvalue weighted by Gasteiger charge is -2.22. The molecule has 2 heterocycles. The number of nitrogens with zero attached hydrogens (tertiary/aromatic N) is 3. The first-order valence-electron chi connectivity index (χ1n) is 8.27. The summed E-state index contributed by atoms with van der Waals surface area (Å²) in [6.45, 7) is 7.96. The molecule has 0 aliphatic carbocycles. The summed E-state index contributed by atoms with van der Waals surface area (Å²) < 4.78 is 13.4. The summed E-state index contributed by atoms with van der Waals surface area (Å²) in [4.78, 5) is 13.3. The zero-order valence-corrected chi connectivity index (χ0v) is 15.9. The first-order valence-corrected chi connectivity index (χ1v) is 8.65. The Morgan fingerprint density at radius 3 is 2.31 bits per heavy atom. The number of anilines is 1. The van der Waals surface area contributed by atoms with Crippen LogP contribution in [0.1, 0.15) is 26.5 Å². The topological polar surface area (TPSA) is 50.7 Å². The van der Waals surface area contributed by atoms with Crippen LogP contribution in [0.25, 0.3) is 22.4 Å². The summed E-state index contributed by atoms with van der Waals surface area (Å²) >= 11 is 6.55. The standard InChI is InChI=1S/C20H20ClFN4/c1-12-11-14(9-10-23-12)16-17(13-5-7-15(22)8-6-13)24-19(25-18(16)21)26-20(2,3)4/h5-11H,1-4H3,(H,24,25,26). The van der Waals surface area contributed by atoms with Gasteiger partial charge in [0.05, 0.1) is 5.69 Å². The average molecular weight is 371 g/mol. The molecule has 0 saturated carbocycles. The lowest BCUT2D eigenvalue weighted by Crippen LogP contribution is -2.27. The molecule has 0 atom stereocenters. The largest absolute Gasteiger partial charge is 0.350 e. The molecule has 0 bridgehead atoms.